The van der Waals surface area contributed by atoms with Gasteiger partial charge in [-0.3, -0.25) is 10.4 Å². The van der Waals surface area contributed by atoms with Crippen molar-refractivity contribution in [1.29, 1.82) is 5.41 Å². The molecule has 1 aromatic rings. The molecule has 0 atom stereocenters. The summed E-state index contributed by atoms with van der Waals surface area (Å²) >= 11 is 0. The second kappa shape index (κ2) is 3.85. The molecule has 0 spiro atoms. The SMILES string of the molecule is CCn1c(C(=N)N(C)N)nc2c1CN(O)C2. The molecule has 0 unspecified atom stereocenters. The molecular weight excluding hydrogens is 208 g/mol. The van der Waals surface area contributed by atoms with Crippen molar-refractivity contribution >= 4 is 5.84 Å². The van der Waals surface area contributed by atoms with Gasteiger partial charge in [-0.25, -0.2) is 10.8 Å². The van der Waals surface area contributed by atoms with E-state index in [0.29, 0.717) is 25.5 Å². The number of fused-ring (bicyclic) bond motifs is 1. The zero-order valence-electron chi connectivity index (χ0n) is 9.43. The standard InChI is InChI=1S/C9H16N6O/c1-3-15-7-5-14(16)4-6(7)12-9(15)8(10)13(2)11/h10,16H,3-5,11H2,1-2H3. The van der Waals surface area contributed by atoms with Crippen molar-refractivity contribution in [2.45, 2.75) is 26.6 Å². The fourth-order valence-corrected chi connectivity index (χ4v) is 1.92. The molecule has 7 heteroatoms. The summed E-state index contributed by atoms with van der Waals surface area (Å²) in [6, 6.07) is 0. The Hall–Kier alpha value is -1.44. The summed E-state index contributed by atoms with van der Waals surface area (Å²) in [7, 11) is 1.61. The van der Waals surface area contributed by atoms with Crippen LogP contribution in [-0.2, 0) is 19.6 Å². The molecule has 0 aliphatic carbocycles. The molecule has 2 rings (SSSR count). The highest BCUT2D eigenvalue weighted by molar-refractivity contribution is 5.92. The highest BCUT2D eigenvalue weighted by atomic mass is 16.5. The smallest absolute Gasteiger partial charge is 0.178 e. The normalized spacial score (nSPS) is 15.2. The number of amidine groups is 1. The van der Waals surface area contributed by atoms with E-state index in [9.17, 15) is 5.21 Å². The lowest BCUT2D eigenvalue weighted by molar-refractivity contribution is -0.0986. The molecule has 1 aliphatic rings. The van der Waals surface area contributed by atoms with Crippen LogP contribution < -0.4 is 5.84 Å². The maximum Gasteiger partial charge on any atom is 0.178 e. The second-order valence-electron chi connectivity index (χ2n) is 3.86. The third-order valence-electron chi connectivity index (χ3n) is 2.70. The second-order valence-corrected chi connectivity index (χ2v) is 3.86. The number of nitrogens with zero attached hydrogens (tertiary/aromatic N) is 4. The molecule has 1 aromatic heterocycles. The average molecular weight is 224 g/mol. The van der Waals surface area contributed by atoms with Crippen molar-refractivity contribution in [3.05, 3.63) is 17.2 Å². The third kappa shape index (κ3) is 1.58. The minimum atomic E-state index is 0.181. The number of rotatable bonds is 2. The van der Waals surface area contributed by atoms with Crippen LogP contribution in [0.1, 0.15) is 24.1 Å². The van der Waals surface area contributed by atoms with Gasteiger partial charge in [0.05, 0.1) is 24.5 Å². The number of nitrogens with one attached hydrogen (secondary N) is 1. The number of imidazole rings is 1. The zero-order valence-corrected chi connectivity index (χ0v) is 9.43. The zero-order chi connectivity index (χ0) is 11.9. The first kappa shape index (κ1) is 11.1. The van der Waals surface area contributed by atoms with Gasteiger partial charge in [0.1, 0.15) is 0 Å². The lowest BCUT2D eigenvalue weighted by Gasteiger charge is -2.15. The molecule has 88 valence electrons. The number of hydrogen-bond donors (Lipinski definition) is 3. The Morgan fingerprint density at radius 2 is 2.31 bits per heavy atom. The van der Waals surface area contributed by atoms with Crippen LogP contribution in [0.15, 0.2) is 0 Å². The van der Waals surface area contributed by atoms with Gasteiger partial charge in [-0.1, -0.05) is 0 Å². The van der Waals surface area contributed by atoms with Crippen LogP contribution in [0.2, 0.25) is 0 Å². The fraction of sp³-hybridized carbons (Fsp3) is 0.556. The topological polar surface area (TPSA) is 94.4 Å². The van der Waals surface area contributed by atoms with Gasteiger partial charge in [-0.15, -0.1) is 0 Å². The number of aromatic nitrogens is 2. The third-order valence-corrected chi connectivity index (χ3v) is 2.70. The van der Waals surface area contributed by atoms with Gasteiger partial charge in [-0.05, 0) is 6.92 Å². The Morgan fingerprint density at radius 1 is 1.62 bits per heavy atom. The minimum absolute atomic E-state index is 0.181. The summed E-state index contributed by atoms with van der Waals surface area (Å²) in [5, 5.41) is 19.7. The Morgan fingerprint density at radius 3 is 2.88 bits per heavy atom. The van der Waals surface area contributed by atoms with Gasteiger partial charge in [-0.2, -0.15) is 5.06 Å². The number of hydrazine groups is 1. The van der Waals surface area contributed by atoms with Crippen molar-refractivity contribution in [3.8, 4) is 0 Å². The lowest BCUT2D eigenvalue weighted by atomic mass is 10.4. The molecule has 4 N–H and O–H groups in total. The largest absolute Gasteiger partial charge is 0.324 e. The molecule has 0 aromatic carbocycles. The van der Waals surface area contributed by atoms with Crippen LogP contribution in [-0.4, -0.2) is 37.7 Å². The summed E-state index contributed by atoms with van der Waals surface area (Å²) < 4.78 is 1.91. The van der Waals surface area contributed by atoms with Crippen molar-refractivity contribution < 1.29 is 5.21 Å². The van der Waals surface area contributed by atoms with E-state index in [0.717, 1.165) is 11.4 Å². The van der Waals surface area contributed by atoms with Crippen LogP contribution in [0.5, 0.6) is 0 Å². The molecule has 16 heavy (non-hydrogen) atoms. The highest BCUT2D eigenvalue weighted by Gasteiger charge is 2.27. The van der Waals surface area contributed by atoms with Crippen molar-refractivity contribution in [1.82, 2.24) is 19.6 Å². The Balaban J connectivity index is 2.42. The summed E-state index contributed by atoms with van der Waals surface area (Å²) in [6.45, 7) is 3.56. The van der Waals surface area contributed by atoms with E-state index in [4.69, 9.17) is 11.3 Å². The van der Waals surface area contributed by atoms with Gasteiger partial charge in [0.2, 0.25) is 0 Å². The van der Waals surface area contributed by atoms with E-state index >= 15 is 0 Å². The Bertz CT molecular complexity index is 424. The number of hydroxylamine groups is 2. The van der Waals surface area contributed by atoms with E-state index in [2.05, 4.69) is 4.98 Å². The monoisotopic (exact) mass is 224 g/mol. The van der Waals surface area contributed by atoms with Gasteiger partial charge >= 0.3 is 0 Å². The van der Waals surface area contributed by atoms with Crippen LogP contribution in [0, 0.1) is 5.41 Å². The molecule has 0 bridgehead atoms. The van der Waals surface area contributed by atoms with Crippen molar-refractivity contribution in [2.75, 3.05) is 7.05 Å². The molecule has 0 amide bonds. The van der Waals surface area contributed by atoms with E-state index in [1.165, 1.54) is 10.1 Å². The van der Waals surface area contributed by atoms with Crippen LogP contribution >= 0.6 is 0 Å². The minimum Gasteiger partial charge on any atom is -0.324 e. The van der Waals surface area contributed by atoms with Crippen LogP contribution in [0.3, 0.4) is 0 Å². The molecular formula is C9H16N6O. The molecule has 2 heterocycles. The maximum atomic E-state index is 9.39. The predicted octanol–water partition coefficient (Wildman–Crippen LogP) is -0.261. The quantitative estimate of drug-likeness (QED) is 0.278. The molecule has 1 aliphatic heterocycles. The van der Waals surface area contributed by atoms with Crippen LogP contribution in [0.4, 0.5) is 0 Å². The van der Waals surface area contributed by atoms with Crippen molar-refractivity contribution in [2.24, 2.45) is 5.84 Å². The van der Waals surface area contributed by atoms with Gasteiger partial charge in [0.15, 0.2) is 11.7 Å². The van der Waals surface area contributed by atoms with Crippen molar-refractivity contribution in [3.63, 3.8) is 0 Å². The summed E-state index contributed by atoms with van der Waals surface area (Å²) in [5.41, 5.74) is 1.79. The first-order chi connectivity index (χ1) is 7.54. The summed E-state index contributed by atoms with van der Waals surface area (Å²) in [5.74, 6) is 6.28. The lowest BCUT2D eigenvalue weighted by Crippen LogP contribution is -2.35. The molecule has 0 saturated carbocycles. The highest BCUT2D eigenvalue weighted by Crippen LogP contribution is 2.22. The predicted molar refractivity (Wildman–Crippen MR) is 57.7 cm³/mol. The van der Waals surface area contributed by atoms with Gasteiger partial charge in [0.25, 0.3) is 0 Å². The van der Waals surface area contributed by atoms with E-state index in [-0.39, 0.29) is 5.84 Å². The first-order valence-electron chi connectivity index (χ1n) is 5.14. The maximum absolute atomic E-state index is 9.39. The molecule has 0 radical (unpaired) electrons. The van der Waals surface area contributed by atoms with Gasteiger partial charge in [0, 0.05) is 13.6 Å². The Labute approximate surface area is 93.5 Å². The fourth-order valence-electron chi connectivity index (χ4n) is 1.92. The average Bonchev–Trinajstić information content (AvgIpc) is 2.71. The van der Waals surface area contributed by atoms with E-state index in [1.54, 1.807) is 7.05 Å². The van der Waals surface area contributed by atoms with Crippen LogP contribution in [0.25, 0.3) is 0 Å². The molecule has 0 saturated heterocycles. The summed E-state index contributed by atoms with van der Waals surface area (Å²) in [6.07, 6.45) is 0. The summed E-state index contributed by atoms with van der Waals surface area (Å²) in [4.78, 5) is 4.35. The Kier molecular flexibility index (Phi) is 2.66. The number of nitrogens with two attached hydrogens (primary N) is 1. The molecule has 0 fully saturated rings. The van der Waals surface area contributed by atoms with Gasteiger partial charge < -0.3 is 9.77 Å². The van der Waals surface area contributed by atoms with E-state index in [1.807, 2.05) is 11.5 Å². The first-order valence-corrected chi connectivity index (χ1v) is 5.14. The number of hydrogen-bond acceptors (Lipinski definition) is 5. The molecule has 7 nitrogen and oxygen atoms in total. The van der Waals surface area contributed by atoms with E-state index < -0.39 is 0 Å².